The standard InChI is InChI=1S/C22H28F3N5O2S/c1-15-4-3-9-30(14-15)17-7-10-29(11-8-17)21-27-13-18(33-21)20(31)26-12-16-5-2-6-19(28-16)32-22(23,24)25/h2,5-6,13,15,17H,3-4,7-12,14H2,1H3,(H,26,31)/t15-/m1/s1. The lowest BCUT2D eigenvalue weighted by molar-refractivity contribution is -0.276. The van der Waals surface area contributed by atoms with Crippen molar-refractivity contribution in [1.29, 1.82) is 0 Å². The zero-order valence-electron chi connectivity index (χ0n) is 18.5. The quantitative estimate of drug-likeness (QED) is 0.668. The highest BCUT2D eigenvalue weighted by Crippen LogP contribution is 2.29. The van der Waals surface area contributed by atoms with E-state index in [0.29, 0.717) is 10.9 Å². The van der Waals surface area contributed by atoms with Crippen LogP contribution >= 0.6 is 11.3 Å². The molecule has 2 saturated heterocycles. The van der Waals surface area contributed by atoms with Crippen LogP contribution in [0.3, 0.4) is 0 Å². The van der Waals surface area contributed by atoms with Gasteiger partial charge in [0, 0.05) is 31.7 Å². The van der Waals surface area contributed by atoms with Gasteiger partial charge in [0.25, 0.3) is 5.91 Å². The predicted octanol–water partition coefficient (Wildman–Crippen LogP) is 4.07. The topological polar surface area (TPSA) is 70.6 Å². The van der Waals surface area contributed by atoms with Crippen molar-refractivity contribution in [2.75, 3.05) is 31.1 Å². The molecule has 2 aliphatic heterocycles. The van der Waals surface area contributed by atoms with E-state index in [1.165, 1.54) is 49.4 Å². The van der Waals surface area contributed by atoms with Crippen LogP contribution in [0, 0.1) is 5.92 Å². The highest BCUT2D eigenvalue weighted by atomic mass is 32.1. The normalized spacial score (nSPS) is 20.6. The van der Waals surface area contributed by atoms with Crippen molar-refractivity contribution in [3.63, 3.8) is 0 Å². The second-order valence-electron chi connectivity index (χ2n) is 8.67. The van der Waals surface area contributed by atoms with E-state index in [-0.39, 0.29) is 18.1 Å². The number of pyridine rings is 1. The number of carbonyl (C=O) groups excluding carboxylic acids is 1. The molecule has 4 heterocycles. The molecule has 0 bridgehead atoms. The summed E-state index contributed by atoms with van der Waals surface area (Å²) in [6.45, 7) is 6.52. The molecule has 7 nitrogen and oxygen atoms in total. The number of ether oxygens (including phenoxy) is 1. The Kier molecular flexibility index (Phi) is 7.38. The smallest absolute Gasteiger partial charge is 0.388 e. The Labute approximate surface area is 195 Å². The maximum atomic E-state index is 12.5. The average Bonchev–Trinajstić information content (AvgIpc) is 3.27. The Balaban J connectivity index is 1.27. The molecule has 0 saturated carbocycles. The number of amides is 1. The van der Waals surface area contributed by atoms with Crippen molar-refractivity contribution < 1.29 is 22.7 Å². The van der Waals surface area contributed by atoms with Crippen molar-refractivity contribution >= 4 is 22.4 Å². The summed E-state index contributed by atoms with van der Waals surface area (Å²) in [5.74, 6) is -0.122. The van der Waals surface area contributed by atoms with Crippen LogP contribution in [-0.4, -0.2) is 59.4 Å². The molecule has 0 unspecified atom stereocenters. The molecule has 1 amide bonds. The molecular weight excluding hydrogens is 455 g/mol. The first-order valence-electron chi connectivity index (χ1n) is 11.2. The lowest BCUT2D eigenvalue weighted by Crippen LogP contribution is -2.48. The van der Waals surface area contributed by atoms with Crippen LogP contribution in [0.5, 0.6) is 5.88 Å². The van der Waals surface area contributed by atoms with Crippen LogP contribution < -0.4 is 15.0 Å². The number of hydrogen-bond donors (Lipinski definition) is 1. The largest absolute Gasteiger partial charge is 0.574 e. The molecular formula is C22H28F3N5O2S. The number of nitrogens with zero attached hydrogens (tertiary/aromatic N) is 4. The first-order chi connectivity index (χ1) is 15.8. The number of piperidine rings is 2. The van der Waals surface area contributed by atoms with Gasteiger partial charge in [-0.3, -0.25) is 9.69 Å². The van der Waals surface area contributed by atoms with Crippen LogP contribution in [0.15, 0.2) is 24.4 Å². The molecule has 33 heavy (non-hydrogen) atoms. The number of carbonyl (C=O) groups is 1. The van der Waals surface area contributed by atoms with Crippen LogP contribution in [0.2, 0.25) is 0 Å². The van der Waals surface area contributed by atoms with Gasteiger partial charge in [-0.05, 0) is 44.2 Å². The van der Waals surface area contributed by atoms with E-state index >= 15 is 0 Å². The Hall–Kier alpha value is -2.40. The zero-order valence-corrected chi connectivity index (χ0v) is 19.3. The summed E-state index contributed by atoms with van der Waals surface area (Å²) in [5.41, 5.74) is 0.268. The van der Waals surface area contributed by atoms with E-state index < -0.39 is 12.2 Å². The minimum Gasteiger partial charge on any atom is -0.388 e. The van der Waals surface area contributed by atoms with Gasteiger partial charge in [0.2, 0.25) is 5.88 Å². The number of hydrogen-bond acceptors (Lipinski definition) is 7. The third kappa shape index (κ3) is 6.57. The average molecular weight is 484 g/mol. The molecule has 0 spiro atoms. The Morgan fingerprint density at radius 2 is 2.03 bits per heavy atom. The summed E-state index contributed by atoms with van der Waals surface area (Å²) < 4.78 is 40.9. The van der Waals surface area contributed by atoms with Crippen molar-refractivity contribution in [2.45, 2.75) is 51.6 Å². The molecule has 1 N–H and O–H groups in total. The van der Waals surface area contributed by atoms with Gasteiger partial charge in [0.1, 0.15) is 4.88 Å². The Morgan fingerprint density at radius 3 is 2.76 bits per heavy atom. The SMILES string of the molecule is C[C@@H]1CCCN(C2CCN(c3ncc(C(=O)NCc4cccc(OC(F)(F)F)n4)s3)CC2)C1. The van der Waals surface area contributed by atoms with E-state index in [1.54, 1.807) is 6.20 Å². The molecule has 11 heteroatoms. The molecule has 2 fully saturated rings. The number of anilines is 1. The minimum absolute atomic E-state index is 0.0131. The summed E-state index contributed by atoms with van der Waals surface area (Å²) in [7, 11) is 0. The van der Waals surface area contributed by atoms with Gasteiger partial charge in [0.05, 0.1) is 18.4 Å². The van der Waals surface area contributed by atoms with Gasteiger partial charge in [-0.25, -0.2) is 9.97 Å². The third-order valence-electron chi connectivity index (χ3n) is 6.09. The number of nitrogens with one attached hydrogen (secondary N) is 1. The molecule has 2 aromatic rings. The van der Waals surface area contributed by atoms with Gasteiger partial charge in [-0.2, -0.15) is 0 Å². The van der Waals surface area contributed by atoms with Crippen molar-refractivity contribution in [2.24, 2.45) is 5.92 Å². The van der Waals surface area contributed by atoms with Crippen molar-refractivity contribution in [3.8, 4) is 5.88 Å². The lowest BCUT2D eigenvalue weighted by atomic mass is 9.95. The molecule has 2 aliphatic rings. The minimum atomic E-state index is -4.81. The van der Waals surface area contributed by atoms with Crippen LogP contribution in [-0.2, 0) is 6.54 Å². The number of alkyl halides is 3. The summed E-state index contributed by atoms with van der Waals surface area (Å²) >= 11 is 1.33. The molecule has 180 valence electrons. The fourth-order valence-electron chi connectivity index (χ4n) is 4.49. The maximum Gasteiger partial charge on any atom is 0.574 e. The van der Waals surface area contributed by atoms with Crippen LogP contribution in [0.1, 0.15) is 48.0 Å². The van der Waals surface area contributed by atoms with Crippen LogP contribution in [0.25, 0.3) is 0 Å². The molecule has 0 aliphatic carbocycles. The lowest BCUT2D eigenvalue weighted by Gasteiger charge is -2.41. The highest BCUT2D eigenvalue weighted by Gasteiger charge is 2.32. The first kappa shape index (κ1) is 23.7. The van der Waals surface area contributed by atoms with E-state index in [0.717, 1.165) is 43.0 Å². The number of halogens is 3. The summed E-state index contributed by atoms with van der Waals surface area (Å²) in [6.07, 6.45) is 1.52. The van der Waals surface area contributed by atoms with Gasteiger partial charge < -0.3 is 15.0 Å². The summed E-state index contributed by atoms with van der Waals surface area (Å²) in [6, 6.07) is 4.66. The first-order valence-corrected chi connectivity index (χ1v) is 12.0. The van der Waals surface area contributed by atoms with Gasteiger partial charge in [-0.15, -0.1) is 13.2 Å². The molecule has 4 rings (SSSR count). The number of aromatic nitrogens is 2. The van der Waals surface area contributed by atoms with Crippen LogP contribution in [0.4, 0.5) is 18.3 Å². The fraction of sp³-hybridized carbons (Fsp3) is 0.591. The van der Waals surface area contributed by atoms with Gasteiger partial charge in [-0.1, -0.05) is 24.3 Å². The maximum absolute atomic E-state index is 12.5. The number of thiazole rings is 1. The van der Waals surface area contributed by atoms with E-state index in [1.807, 2.05) is 0 Å². The van der Waals surface area contributed by atoms with E-state index in [2.05, 4.69) is 36.7 Å². The summed E-state index contributed by atoms with van der Waals surface area (Å²) in [4.78, 5) is 26.0. The molecule has 1 atom stereocenters. The van der Waals surface area contributed by atoms with Gasteiger partial charge >= 0.3 is 6.36 Å². The Morgan fingerprint density at radius 1 is 1.24 bits per heavy atom. The third-order valence-corrected chi connectivity index (χ3v) is 7.15. The second kappa shape index (κ2) is 10.3. The predicted molar refractivity (Wildman–Crippen MR) is 119 cm³/mol. The second-order valence-corrected chi connectivity index (χ2v) is 9.67. The number of likely N-dealkylation sites (tertiary alicyclic amines) is 1. The van der Waals surface area contributed by atoms with Crippen molar-refractivity contribution in [1.82, 2.24) is 20.2 Å². The highest BCUT2D eigenvalue weighted by molar-refractivity contribution is 7.17. The van der Waals surface area contributed by atoms with Crippen molar-refractivity contribution in [3.05, 3.63) is 35.0 Å². The van der Waals surface area contributed by atoms with E-state index in [9.17, 15) is 18.0 Å². The monoisotopic (exact) mass is 483 g/mol. The Bertz CT molecular complexity index is 946. The zero-order chi connectivity index (χ0) is 23.4. The van der Waals surface area contributed by atoms with Gasteiger partial charge in [0.15, 0.2) is 5.13 Å². The summed E-state index contributed by atoms with van der Waals surface area (Å²) in [5, 5.41) is 3.51. The number of rotatable bonds is 6. The molecule has 0 aromatic carbocycles. The molecule has 2 aromatic heterocycles. The molecule has 0 radical (unpaired) electrons. The van der Waals surface area contributed by atoms with E-state index in [4.69, 9.17) is 0 Å². The fourth-order valence-corrected chi connectivity index (χ4v) is 5.37.